The molecule has 0 aliphatic rings. The zero-order valence-corrected chi connectivity index (χ0v) is 22.4. The molecule has 0 bridgehead atoms. The van der Waals surface area contributed by atoms with Crippen molar-refractivity contribution in [1.29, 1.82) is 0 Å². The summed E-state index contributed by atoms with van der Waals surface area (Å²) in [6.45, 7) is 4.17. The summed E-state index contributed by atoms with van der Waals surface area (Å²) < 4.78 is 15.9. The average molecular weight is 545 g/mol. The van der Waals surface area contributed by atoms with Crippen molar-refractivity contribution in [3.63, 3.8) is 0 Å². The van der Waals surface area contributed by atoms with E-state index in [0.29, 0.717) is 28.1 Å². The van der Waals surface area contributed by atoms with Gasteiger partial charge in [0.2, 0.25) is 0 Å². The van der Waals surface area contributed by atoms with E-state index in [1.54, 1.807) is 24.3 Å². The number of rotatable bonds is 11. The molecule has 208 valence electrons. The molecule has 0 fully saturated rings. The van der Waals surface area contributed by atoms with E-state index in [2.05, 4.69) is 5.32 Å². The van der Waals surface area contributed by atoms with Crippen molar-refractivity contribution in [2.24, 2.45) is 0 Å². The highest BCUT2D eigenvalue weighted by atomic mass is 19.1. The second-order valence-electron chi connectivity index (χ2n) is 10.0. The lowest BCUT2D eigenvalue weighted by Crippen LogP contribution is -2.26. The van der Waals surface area contributed by atoms with Gasteiger partial charge in [0.1, 0.15) is 5.82 Å². The lowest BCUT2D eigenvalue weighted by atomic mass is 9.94. The summed E-state index contributed by atoms with van der Waals surface area (Å²) in [6.07, 6.45) is -2.99. The van der Waals surface area contributed by atoms with Gasteiger partial charge in [-0.2, -0.15) is 0 Å². The van der Waals surface area contributed by atoms with Crippen LogP contribution < -0.4 is 5.32 Å². The summed E-state index contributed by atoms with van der Waals surface area (Å²) in [4.78, 5) is 25.1. The molecule has 3 aromatic carbocycles. The molecule has 0 saturated heterocycles. The maximum Gasteiger partial charge on any atom is 0.332 e. The number of hydrogen-bond acceptors (Lipinski definition) is 4. The highest BCUT2D eigenvalue weighted by Gasteiger charge is 2.31. The fraction of sp³-hybridized carbons (Fsp3) is 0.250. The van der Waals surface area contributed by atoms with Gasteiger partial charge in [0, 0.05) is 29.9 Å². The monoisotopic (exact) mass is 544 g/mol. The van der Waals surface area contributed by atoms with Crippen LogP contribution in [-0.2, 0) is 11.3 Å². The quantitative estimate of drug-likeness (QED) is 0.187. The van der Waals surface area contributed by atoms with Gasteiger partial charge in [0.05, 0.1) is 17.4 Å². The minimum absolute atomic E-state index is 0.126. The number of carboxylic acids is 1. The van der Waals surface area contributed by atoms with Crippen LogP contribution in [0.5, 0.6) is 0 Å². The Balaban J connectivity index is 1.93. The number of nitrogens with zero attached hydrogens (tertiary/aromatic N) is 1. The van der Waals surface area contributed by atoms with Crippen LogP contribution in [0.15, 0.2) is 84.9 Å². The number of carboxylic acid groups (broad SMARTS) is 1. The van der Waals surface area contributed by atoms with E-state index in [1.807, 2.05) is 66.9 Å². The Hall–Kier alpha value is -4.27. The zero-order chi connectivity index (χ0) is 28.8. The summed E-state index contributed by atoms with van der Waals surface area (Å²) in [6, 6.07) is 24.6. The number of halogens is 1. The maximum absolute atomic E-state index is 14.0. The van der Waals surface area contributed by atoms with E-state index < -0.39 is 24.0 Å². The van der Waals surface area contributed by atoms with E-state index in [1.165, 1.54) is 12.1 Å². The van der Waals surface area contributed by atoms with Crippen molar-refractivity contribution in [3.05, 3.63) is 102 Å². The number of amides is 1. The predicted octanol–water partition coefficient (Wildman–Crippen LogP) is 5.92. The van der Waals surface area contributed by atoms with Crippen molar-refractivity contribution in [2.75, 3.05) is 5.32 Å². The van der Waals surface area contributed by atoms with Crippen LogP contribution in [0.25, 0.3) is 22.4 Å². The van der Waals surface area contributed by atoms with Crippen LogP contribution >= 0.6 is 0 Å². The third-order valence-corrected chi connectivity index (χ3v) is 6.76. The number of carbonyl (C=O) groups is 2. The molecule has 4 rings (SSSR count). The van der Waals surface area contributed by atoms with E-state index in [-0.39, 0.29) is 31.2 Å². The summed E-state index contributed by atoms with van der Waals surface area (Å²) in [7, 11) is 0. The normalized spacial score (nSPS) is 12.8. The van der Waals surface area contributed by atoms with E-state index in [4.69, 9.17) is 5.11 Å². The number of nitrogens with one attached hydrogen (secondary N) is 1. The van der Waals surface area contributed by atoms with Crippen molar-refractivity contribution < 1.29 is 29.3 Å². The SMILES string of the molecule is CC(C)c1c(C(=O)Nc2ccccc2)c(-c2ccccc2)c(-c2ccc(F)cc2)n1CCC(O)CC(O)C(=O)O. The maximum atomic E-state index is 14.0. The lowest BCUT2D eigenvalue weighted by molar-refractivity contribution is -0.148. The Morgan fingerprint density at radius 1 is 0.875 bits per heavy atom. The fourth-order valence-corrected chi connectivity index (χ4v) is 4.96. The summed E-state index contributed by atoms with van der Waals surface area (Å²) in [5.74, 6) is -2.24. The molecule has 1 heterocycles. The molecule has 0 aliphatic heterocycles. The van der Waals surface area contributed by atoms with Crippen molar-refractivity contribution in [3.8, 4) is 22.4 Å². The first-order valence-corrected chi connectivity index (χ1v) is 13.2. The Bertz CT molecular complexity index is 1450. The second kappa shape index (κ2) is 12.7. The first-order chi connectivity index (χ1) is 19.2. The number of para-hydroxylation sites is 1. The molecule has 0 radical (unpaired) electrons. The summed E-state index contributed by atoms with van der Waals surface area (Å²) in [5.41, 5.74) is 4.64. The van der Waals surface area contributed by atoms with Crippen molar-refractivity contribution >= 4 is 17.6 Å². The molecule has 8 heteroatoms. The molecular formula is C32H33FN2O5. The van der Waals surface area contributed by atoms with Gasteiger partial charge in [-0.3, -0.25) is 4.79 Å². The van der Waals surface area contributed by atoms with Gasteiger partial charge in [-0.25, -0.2) is 9.18 Å². The van der Waals surface area contributed by atoms with Crippen molar-refractivity contribution in [2.45, 2.75) is 51.4 Å². The van der Waals surface area contributed by atoms with Crippen LogP contribution in [0, 0.1) is 5.82 Å². The van der Waals surface area contributed by atoms with E-state index in [9.17, 15) is 24.2 Å². The average Bonchev–Trinajstić information content (AvgIpc) is 3.29. The largest absolute Gasteiger partial charge is 0.479 e. The molecule has 1 amide bonds. The van der Waals surface area contributed by atoms with Gasteiger partial charge < -0.3 is 25.2 Å². The number of aliphatic carboxylic acids is 1. The molecule has 7 nitrogen and oxygen atoms in total. The van der Waals surface area contributed by atoms with E-state index in [0.717, 1.165) is 11.3 Å². The van der Waals surface area contributed by atoms with Crippen LogP contribution in [0.2, 0.25) is 0 Å². The predicted molar refractivity (Wildman–Crippen MR) is 153 cm³/mol. The molecule has 0 spiro atoms. The number of aromatic nitrogens is 1. The molecule has 4 aromatic rings. The molecule has 0 saturated carbocycles. The van der Waals surface area contributed by atoms with Gasteiger partial charge in [-0.1, -0.05) is 62.4 Å². The first kappa shape index (κ1) is 28.7. The molecule has 2 atom stereocenters. The molecule has 4 N–H and O–H groups in total. The van der Waals surface area contributed by atoms with Gasteiger partial charge >= 0.3 is 5.97 Å². The van der Waals surface area contributed by atoms with Gasteiger partial charge in [0.25, 0.3) is 5.91 Å². The Kier molecular flexibility index (Phi) is 9.14. The standard InChI is InChI=1S/C32H33FN2O5/c1-20(2)29-28(31(38)34-24-11-7-4-8-12-24)27(21-9-5-3-6-10-21)30(22-13-15-23(33)16-14-22)35(29)18-17-25(36)19-26(37)32(39)40/h3-16,20,25-26,36-37H,17-19H2,1-2H3,(H,34,38)(H,39,40). The zero-order valence-electron chi connectivity index (χ0n) is 22.4. The third kappa shape index (κ3) is 6.47. The number of aliphatic hydroxyl groups is 2. The van der Waals surface area contributed by atoms with Gasteiger partial charge in [-0.15, -0.1) is 0 Å². The first-order valence-electron chi connectivity index (χ1n) is 13.2. The van der Waals surface area contributed by atoms with Gasteiger partial charge in [0.15, 0.2) is 6.10 Å². The Labute approximate surface area is 232 Å². The highest BCUT2D eigenvalue weighted by Crippen LogP contribution is 2.42. The molecule has 40 heavy (non-hydrogen) atoms. The number of benzene rings is 3. The minimum atomic E-state index is -1.69. The number of aliphatic hydroxyl groups excluding tert-OH is 2. The van der Waals surface area contributed by atoms with Crippen LogP contribution in [0.3, 0.4) is 0 Å². The van der Waals surface area contributed by atoms with E-state index >= 15 is 0 Å². The molecular weight excluding hydrogens is 511 g/mol. The Morgan fingerprint density at radius 2 is 1.48 bits per heavy atom. The number of hydrogen-bond donors (Lipinski definition) is 4. The molecule has 2 unspecified atom stereocenters. The molecule has 0 aliphatic carbocycles. The highest BCUT2D eigenvalue weighted by molar-refractivity contribution is 6.12. The fourth-order valence-electron chi connectivity index (χ4n) is 4.96. The smallest absolute Gasteiger partial charge is 0.332 e. The third-order valence-electron chi connectivity index (χ3n) is 6.76. The number of anilines is 1. The molecule has 1 aromatic heterocycles. The second-order valence-corrected chi connectivity index (χ2v) is 10.0. The number of carbonyl (C=O) groups excluding carboxylic acids is 1. The summed E-state index contributed by atoms with van der Waals surface area (Å²) >= 11 is 0. The van der Waals surface area contributed by atoms with Crippen molar-refractivity contribution in [1.82, 2.24) is 4.57 Å². The Morgan fingerprint density at radius 3 is 2.05 bits per heavy atom. The van der Waals surface area contributed by atoms with Crippen LogP contribution in [0.1, 0.15) is 48.7 Å². The topological polar surface area (TPSA) is 112 Å². The lowest BCUT2D eigenvalue weighted by Gasteiger charge is -2.19. The summed E-state index contributed by atoms with van der Waals surface area (Å²) in [5, 5.41) is 32.4. The van der Waals surface area contributed by atoms with Crippen LogP contribution in [-0.4, -0.2) is 44.0 Å². The van der Waals surface area contributed by atoms with Crippen LogP contribution in [0.4, 0.5) is 10.1 Å². The minimum Gasteiger partial charge on any atom is -0.479 e. The van der Waals surface area contributed by atoms with Gasteiger partial charge in [-0.05, 0) is 59.9 Å².